The second-order valence-corrected chi connectivity index (χ2v) is 5.73. The Bertz CT molecular complexity index is 322. The predicted molar refractivity (Wildman–Crippen MR) is 62.3 cm³/mol. The van der Waals surface area contributed by atoms with E-state index in [4.69, 9.17) is 4.74 Å². The summed E-state index contributed by atoms with van der Waals surface area (Å²) in [6.45, 7) is 0. The lowest BCUT2D eigenvalue weighted by atomic mass is 10.2. The average Bonchev–Trinajstić information content (AvgIpc) is 2.71. The van der Waals surface area contributed by atoms with Crippen molar-refractivity contribution in [1.29, 1.82) is 0 Å². The van der Waals surface area contributed by atoms with Crippen LogP contribution in [0.3, 0.4) is 0 Å². The predicted octanol–water partition coefficient (Wildman–Crippen LogP) is 2.88. The molecule has 0 unspecified atom stereocenters. The zero-order valence-electron chi connectivity index (χ0n) is 7.90. The van der Waals surface area contributed by atoms with Gasteiger partial charge in [0.05, 0.1) is 11.7 Å². The Hall–Kier alpha value is -0.480. The lowest BCUT2D eigenvalue weighted by Gasteiger charge is -2.10. The molecule has 0 spiro atoms. The van der Waals surface area contributed by atoms with E-state index in [2.05, 4.69) is 0 Å². The second-order valence-electron chi connectivity index (χ2n) is 3.00. The third-order valence-corrected chi connectivity index (χ3v) is 5.20. The molecule has 0 bridgehead atoms. The van der Waals surface area contributed by atoms with Gasteiger partial charge in [-0.05, 0) is 17.7 Å². The molecular formula is C10H12O2S2. The fraction of sp³-hybridized carbons (Fsp3) is 0.400. The topological polar surface area (TPSA) is 29.5 Å². The van der Waals surface area contributed by atoms with Gasteiger partial charge in [0.25, 0.3) is 0 Å². The van der Waals surface area contributed by atoms with Crippen LogP contribution in [0.2, 0.25) is 0 Å². The quantitative estimate of drug-likeness (QED) is 0.843. The molecule has 0 aromatic heterocycles. The molecule has 1 fully saturated rings. The van der Waals surface area contributed by atoms with Gasteiger partial charge < -0.3 is 9.84 Å². The number of phenols is 1. The zero-order chi connectivity index (χ0) is 9.97. The van der Waals surface area contributed by atoms with Gasteiger partial charge in [-0.1, -0.05) is 6.07 Å². The van der Waals surface area contributed by atoms with E-state index in [-0.39, 0.29) is 5.75 Å². The van der Waals surface area contributed by atoms with Crippen LogP contribution < -0.4 is 4.74 Å². The summed E-state index contributed by atoms with van der Waals surface area (Å²) in [5, 5.41) is 9.44. The highest BCUT2D eigenvalue weighted by molar-refractivity contribution is 8.19. The monoisotopic (exact) mass is 228 g/mol. The number of hydrogen-bond donors (Lipinski definition) is 1. The fourth-order valence-electron chi connectivity index (χ4n) is 1.39. The van der Waals surface area contributed by atoms with E-state index in [1.807, 2.05) is 35.7 Å². The van der Waals surface area contributed by atoms with E-state index in [1.165, 1.54) is 17.1 Å². The SMILES string of the molecule is COc1cc(C2SCCS2)ccc1O. The van der Waals surface area contributed by atoms with Gasteiger partial charge in [-0.15, -0.1) is 23.5 Å². The molecule has 1 N–H and O–H groups in total. The van der Waals surface area contributed by atoms with E-state index in [0.717, 1.165) is 0 Å². The Kier molecular flexibility index (Phi) is 3.13. The summed E-state index contributed by atoms with van der Waals surface area (Å²) >= 11 is 3.89. The van der Waals surface area contributed by atoms with Crippen LogP contribution in [0.4, 0.5) is 0 Å². The molecule has 0 atom stereocenters. The lowest BCUT2D eigenvalue weighted by molar-refractivity contribution is 0.373. The molecule has 1 aromatic carbocycles. The molecular weight excluding hydrogens is 216 g/mol. The van der Waals surface area contributed by atoms with E-state index < -0.39 is 0 Å². The summed E-state index contributed by atoms with van der Waals surface area (Å²) in [5.74, 6) is 3.19. The first-order chi connectivity index (χ1) is 6.81. The normalized spacial score (nSPS) is 17.2. The number of ether oxygens (including phenoxy) is 1. The molecule has 4 heteroatoms. The Morgan fingerprint density at radius 1 is 1.36 bits per heavy atom. The van der Waals surface area contributed by atoms with Crippen molar-refractivity contribution in [3.8, 4) is 11.5 Å². The number of aromatic hydroxyl groups is 1. The summed E-state index contributed by atoms with van der Waals surface area (Å²) < 4.78 is 5.58. The Balaban J connectivity index is 2.25. The highest BCUT2D eigenvalue weighted by atomic mass is 32.2. The van der Waals surface area contributed by atoms with Gasteiger partial charge in [0.15, 0.2) is 11.5 Å². The lowest BCUT2D eigenvalue weighted by Crippen LogP contribution is -1.88. The van der Waals surface area contributed by atoms with E-state index >= 15 is 0 Å². The highest BCUT2D eigenvalue weighted by Crippen LogP contribution is 2.46. The molecule has 1 aliphatic heterocycles. The summed E-state index contributed by atoms with van der Waals surface area (Å²) in [6.07, 6.45) is 0. The van der Waals surface area contributed by atoms with Gasteiger partial charge in [0.1, 0.15) is 0 Å². The smallest absolute Gasteiger partial charge is 0.160 e. The minimum Gasteiger partial charge on any atom is -0.504 e. The van der Waals surface area contributed by atoms with Crippen LogP contribution in [0.5, 0.6) is 11.5 Å². The molecule has 0 aliphatic carbocycles. The van der Waals surface area contributed by atoms with Gasteiger partial charge in [0.2, 0.25) is 0 Å². The van der Waals surface area contributed by atoms with E-state index in [0.29, 0.717) is 10.3 Å². The number of benzene rings is 1. The molecule has 0 saturated carbocycles. The maximum absolute atomic E-state index is 9.44. The van der Waals surface area contributed by atoms with Crippen LogP contribution in [0.15, 0.2) is 18.2 Å². The molecule has 14 heavy (non-hydrogen) atoms. The molecule has 0 amide bonds. The van der Waals surface area contributed by atoms with E-state index in [9.17, 15) is 5.11 Å². The van der Waals surface area contributed by atoms with Crippen molar-refractivity contribution in [1.82, 2.24) is 0 Å². The van der Waals surface area contributed by atoms with Crippen molar-refractivity contribution < 1.29 is 9.84 Å². The van der Waals surface area contributed by atoms with Crippen molar-refractivity contribution >= 4 is 23.5 Å². The van der Waals surface area contributed by atoms with Crippen molar-refractivity contribution in [3.63, 3.8) is 0 Å². The van der Waals surface area contributed by atoms with Crippen LogP contribution in [0, 0.1) is 0 Å². The summed E-state index contributed by atoms with van der Waals surface area (Å²) in [4.78, 5) is 0. The number of thioether (sulfide) groups is 2. The van der Waals surface area contributed by atoms with E-state index in [1.54, 1.807) is 13.2 Å². The maximum Gasteiger partial charge on any atom is 0.160 e. The second kappa shape index (κ2) is 4.36. The molecule has 1 aliphatic rings. The molecule has 2 nitrogen and oxygen atoms in total. The van der Waals surface area contributed by atoms with Crippen LogP contribution in [0.25, 0.3) is 0 Å². The van der Waals surface area contributed by atoms with Gasteiger partial charge in [-0.2, -0.15) is 0 Å². The Morgan fingerprint density at radius 3 is 2.71 bits per heavy atom. The maximum atomic E-state index is 9.44. The first-order valence-corrected chi connectivity index (χ1v) is 6.51. The van der Waals surface area contributed by atoms with Crippen molar-refractivity contribution in [2.24, 2.45) is 0 Å². The van der Waals surface area contributed by atoms with Crippen molar-refractivity contribution in [2.75, 3.05) is 18.6 Å². The Labute approximate surface area is 92.0 Å². The van der Waals surface area contributed by atoms with Gasteiger partial charge in [-0.3, -0.25) is 0 Å². The third kappa shape index (κ3) is 1.96. The van der Waals surface area contributed by atoms with Crippen molar-refractivity contribution in [2.45, 2.75) is 4.58 Å². The first kappa shape index (κ1) is 10.1. The van der Waals surface area contributed by atoms with Gasteiger partial charge >= 0.3 is 0 Å². The first-order valence-electron chi connectivity index (χ1n) is 4.41. The summed E-state index contributed by atoms with van der Waals surface area (Å²) in [7, 11) is 1.58. The Morgan fingerprint density at radius 2 is 2.07 bits per heavy atom. The molecule has 76 valence electrons. The number of methoxy groups -OCH3 is 1. The van der Waals surface area contributed by atoms with Gasteiger partial charge in [0, 0.05) is 11.5 Å². The molecule has 2 rings (SSSR count). The van der Waals surface area contributed by atoms with Crippen LogP contribution in [0.1, 0.15) is 10.1 Å². The summed E-state index contributed by atoms with van der Waals surface area (Å²) in [6, 6.07) is 5.59. The largest absolute Gasteiger partial charge is 0.504 e. The molecule has 1 aromatic rings. The molecule has 0 radical (unpaired) electrons. The standard InChI is InChI=1S/C10H12O2S2/c1-12-9-6-7(2-3-8(9)11)10-13-4-5-14-10/h2-3,6,10-11H,4-5H2,1H3. The van der Waals surface area contributed by atoms with Crippen LogP contribution in [-0.4, -0.2) is 23.7 Å². The van der Waals surface area contributed by atoms with Crippen LogP contribution in [-0.2, 0) is 0 Å². The number of hydrogen-bond acceptors (Lipinski definition) is 4. The zero-order valence-corrected chi connectivity index (χ0v) is 9.53. The highest BCUT2D eigenvalue weighted by Gasteiger charge is 2.19. The molecule has 1 saturated heterocycles. The summed E-state index contributed by atoms with van der Waals surface area (Å²) in [5.41, 5.74) is 1.23. The third-order valence-electron chi connectivity index (χ3n) is 2.10. The molecule has 1 heterocycles. The average molecular weight is 228 g/mol. The minimum absolute atomic E-state index is 0.212. The van der Waals surface area contributed by atoms with Gasteiger partial charge in [-0.25, -0.2) is 0 Å². The number of rotatable bonds is 2. The minimum atomic E-state index is 0.212. The van der Waals surface area contributed by atoms with Crippen LogP contribution >= 0.6 is 23.5 Å². The number of phenolic OH excluding ortho intramolecular Hbond substituents is 1. The fourth-order valence-corrected chi connectivity index (χ4v) is 4.23. The van der Waals surface area contributed by atoms with Crippen molar-refractivity contribution in [3.05, 3.63) is 23.8 Å².